The van der Waals surface area contributed by atoms with E-state index >= 15 is 0 Å². The summed E-state index contributed by atoms with van der Waals surface area (Å²) in [6.45, 7) is 1.88. The van der Waals surface area contributed by atoms with E-state index in [1.54, 1.807) is 6.92 Å². The van der Waals surface area contributed by atoms with Crippen LogP contribution in [0.3, 0.4) is 0 Å². The molecule has 2 N–H and O–H groups in total. The molecule has 0 saturated heterocycles. The zero-order valence-electron chi connectivity index (χ0n) is 7.34. The number of hydrogen-bond acceptors (Lipinski definition) is 3. The SMILES string of the molecule is COC(=O)C1=C(C)NC(=O)NC1.Cl. The summed E-state index contributed by atoms with van der Waals surface area (Å²) in [5.74, 6) is -0.417. The van der Waals surface area contributed by atoms with Gasteiger partial charge in [-0.1, -0.05) is 0 Å². The number of carbonyl (C=O) groups is 2. The molecule has 0 saturated carbocycles. The van der Waals surface area contributed by atoms with E-state index in [4.69, 9.17) is 0 Å². The average molecular weight is 207 g/mol. The third-order valence-electron chi connectivity index (χ3n) is 1.61. The molecule has 0 aromatic heterocycles. The summed E-state index contributed by atoms with van der Waals surface area (Å²) < 4.78 is 4.51. The molecule has 2 amide bonds. The van der Waals surface area contributed by atoms with Gasteiger partial charge < -0.3 is 15.4 Å². The van der Waals surface area contributed by atoms with Crippen LogP contribution in [0.1, 0.15) is 6.92 Å². The fourth-order valence-corrected chi connectivity index (χ4v) is 0.940. The molecule has 1 rings (SSSR count). The fourth-order valence-electron chi connectivity index (χ4n) is 0.940. The van der Waals surface area contributed by atoms with Crippen LogP contribution in [0.4, 0.5) is 4.79 Å². The highest BCUT2D eigenvalue weighted by Gasteiger charge is 2.19. The normalized spacial score (nSPS) is 15.4. The third kappa shape index (κ3) is 2.62. The number of hydrogen-bond donors (Lipinski definition) is 2. The Morgan fingerprint density at radius 3 is 2.62 bits per heavy atom. The number of esters is 1. The minimum atomic E-state index is -0.417. The summed E-state index contributed by atoms with van der Waals surface area (Å²) in [4.78, 5) is 21.7. The summed E-state index contributed by atoms with van der Waals surface area (Å²) in [6, 6.07) is -0.292. The van der Waals surface area contributed by atoms with E-state index in [0.29, 0.717) is 11.3 Å². The summed E-state index contributed by atoms with van der Waals surface area (Å²) in [5.41, 5.74) is 1.00. The lowest BCUT2D eigenvalue weighted by molar-refractivity contribution is -0.136. The maximum Gasteiger partial charge on any atom is 0.337 e. The van der Waals surface area contributed by atoms with Crippen molar-refractivity contribution in [3.05, 3.63) is 11.3 Å². The summed E-state index contributed by atoms with van der Waals surface area (Å²) in [6.07, 6.45) is 0. The van der Waals surface area contributed by atoms with Crippen LogP contribution in [0.25, 0.3) is 0 Å². The Bertz CT molecular complexity index is 262. The van der Waals surface area contributed by atoms with Crippen molar-refractivity contribution in [2.24, 2.45) is 0 Å². The Morgan fingerprint density at radius 1 is 1.54 bits per heavy atom. The second kappa shape index (κ2) is 4.71. The lowest BCUT2D eigenvalue weighted by Crippen LogP contribution is -2.43. The number of urea groups is 1. The van der Waals surface area contributed by atoms with Crippen LogP contribution in [0.15, 0.2) is 11.3 Å². The molecule has 6 heteroatoms. The number of nitrogens with one attached hydrogen (secondary N) is 2. The van der Waals surface area contributed by atoms with E-state index in [-0.39, 0.29) is 25.0 Å². The Balaban J connectivity index is 0.00000144. The van der Waals surface area contributed by atoms with Crippen molar-refractivity contribution >= 4 is 24.4 Å². The predicted octanol–water partition coefficient (Wildman–Crippen LogP) is 0.168. The maximum atomic E-state index is 11.0. The van der Waals surface area contributed by atoms with Gasteiger partial charge in [-0.15, -0.1) is 12.4 Å². The first kappa shape index (κ1) is 11.8. The quantitative estimate of drug-likeness (QED) is 0.601. The average Bonchev–Trinajstić information content (AvgIpc) is 2.03. The standard InChI is InChI=1S/C7H10N2O3.ClH/c1-4-5(6(10)12-2)3-8-7(11)9-4;/h3H2,1-2H3,(H2,8,9,11);1H. The van der Waals surface area contributed by atoms with Crippen molar-refractivity contribution in [2.45, 2.75) is 6.92 Å². The van der Waals surface area contributed by atoms with Crippen LogP contribution in [0.2, 0.25) is 0 Å². The van der Waals surface area contributed by atoms with Crippen molar-refractivity contribution in [3.63, 3.8) is 0 Å². The molecule has 5 nitrogen and oxygen atoms in total. The van der Waals surface area contributed by atoms with E-state index in [0.717, 1.165) is 0 Å². The highest BCUT2D eigenvalue weighted by Crippen LogP contribution is 2.05. The minimum absolute atomic E-state index is 0. The number of ether oxygens (including phenoxy) is 1. The molecule has 0 bridgehead atoms. The lowest BCUT2D eigenvalue weighted by atomic mass is 10.2. The Labute approximate surface area is 81.9 Å². The van der Waals surface area contributed by atoms with Crippen LogP contribution in [0.5, 0.6) is 0 Å². The minimum Gasteiger partial charge on any atom is -0.466 e. The summed E-state index contributed by atoms with van der Waals surface area (Å²) in [7, 11) is 1.30. The largest absolute Gasteiger partial charge is 0.466 e. The molecule has 0 radical (unpaired) electrons. The first-order chi connectivity index (χ1) is 5.65. The van der Waals surface area contributed by atoms with Gasteiger partial charge in [0.15, 0.2) is 0 Å². The number of amides is 2. The van der Waals surface area contributed by atoms with E-state index in [2.05, 4.69) is 15.4 Å². The number of halogens is 1. The van der Waals surface area contributed by atoms with E-state index in [1.807, 2.05) is 0 Å². The van der Waals surface area contributed by atoms with Gasteiger partial charge in [0.05, 0.1) is 19.2 Å². The van der Waals surface area contributed by atoms with Crippen LogP contribution in [-0.2, 0) is 9.53 Å². The van der Waals surface area contributed by atoms with Gasteiger partial charge >= 0.3 is 12.0 Å². The van der Waals surface area contributed by atoms with Gasteiger partial charge in [0.2, 0.25) is 0 Å². The molecule has 0 atom stereocenters. The van der Waals surface area contributed by atoms with Crippen molar-refractivity contribution in [2.75, 3.05) is 13.7 Å². The zero-order chi connectivity index (χ0) is 9.14. The molecule has 0 aliphatic carbocycles. The van der Waals surface area contributed by atoms with Gasteiger partial charge in [-0.05, 0) is 6.92 Å². The third-order valence-corrected chi connectivity index (χ3v) is 1.61. The Morgan fingerprint density at radius 2 is 2.15 bits per heavy atom. The Kier molecular flexibility index (Phi) is 4.27. The number of methoxy groups -OCH3 is 1. The Hall–Kier alpha value is -1.23. The summed E-state index contributed by atoms with van der Waals surface area (Å²) in [5, 5.41) is 4.94. The molecule has 74 valence electrons. The van der Waals surface area contributed by atoms with Gasteiger partial charge in [-0.3, -0.25) is 0 Å². The number of carbonyl (C=O) groups excluding carboxylic acids is 2. The van der Waals surface area contributed by atoms with Crippen LogP contribution in [0, 0.1) is 0 Å². The fraction of sp³-hybridized carbons (Fsp3) is 0.429. The molecule has 1 aliphatic rings. The molecule has 0 aromatic rings. The molecule has 13 heavy (non-hydrogen) atoms. The van der Waals surface area contributed by atoms with Crippen LogP contribution < -0.4 is 10.6 Å². The summed E-state index contributed by atoms with van der Waals surface area (Å²) >= 11 is 0. The van der Waals surface area contributed by atoms with Crippen molar-refractivity contribution < 1.29 is 14.3 Å². The van der Waals surface area contributed by atoms with Gasteiger partial charge in [0.25, 0.3) is 0 Å². The maximum absolute atomic E-state index is 11.0. The lowest BCUT2D eigenvalue weighted by Gasteiger charge is -2.17. The van der Waals surface area contributed by atoms with Crippen molar-refractivity contribution in [3.8, 4) is 0 Å². The second-order valence-corrected chi connectivity index (χ2v) is 2.40. The topological polar surface area (TPSA) is 67.4 Å². The first-order valence-corrected chi connectivity index (χ1v) is 3.48. The van der Waals surface area contributed by atoms with Crippen LogP contribution >= 0.6 is 12.4 Å². The van der Waals surface area contributed by atoms with E-state index in [9.17, 15) is 9.59 Å². The van der Waals surface area contributed by atoms with Gasteiger partial charge in [-0.25, -0.2) is 9.59 Å². The molecule has 0 aromatic carbocycles. The monoisotopic (exact) mass is 206 g/mol. The smallest absolute Gasteiger partial charge is 0.337 e. The number of rotatable bonds is 1. The molecule has 0 fully saturated rings. The molecule has 0 unspecified atom stereocenters. The zero-order valence-corrected chi connectivity index (χ0v) is 8.16. The van der Waals surface area contributed by atoms with E-state index < -0.39 is 5.97 Å². The molecular formula is C7H11ClN2O3. The molecule has 1 heterocycles. The van der Waals surface area contributed by atoms with Gasteiger partial charge in [0.1, 0.15) is 0 Å². The molecule has 1 aliphatic heterocycles. The molecular weight excluding hydrogens is 196 g/mol. The van der Waals surface area contributed by atoms with Gasteiger partial charge in [0, 0.05) is 5.70 Å². The number of allylic oxidation sites excluding steroid dienone is 1. The van der Waals surface area contributed by atoms with E-state index in [1.165, 1.54) is 7.11 Å². The van der Waals surface area contributed by atoms with Gasteiger partial charge in [-0.2, -0.15) is 0 Å². The predicted molar refractivity (Wildman–Crippen MR) is 48.5 cm³/mol. The molecule has 0 spiro atoms. The highest BCUT2D eigenvalue weighted by atomic mass is 35.5. The van der Waals surface area contributed by atoms with Crippen molar-refractivity contribution in [1.82, 2.24) is 10.6 Å². The highest BCUT2D eigenvalue weighted by molar-refractivity contribution is 5.93. The first-order valence-electron chi connectivity index (χ1n) is 3.48. The van der Waals surface area contributed by atoms with Crippen molar-refractivity contribution in [1.29, 1.82) is 0 Å². The van der Waals surface area contributed by atoms with Crippen LogP contribution in [-0.4, -0.2) is 25.7 Å². The second-order valence-electron chi connectivity index (χ2n) is 2.40.